The summed E-state index contributed by atoms with van der Waals surface area (Å²) in [6.07, 6.45) is 1.01. The zero-order chi connectivity index (χ0) is 26.0. The third-order valence-corrected chi connectivity index (χ3v) is 6.80. The van der Waals surface area contributed by atoms with Crippen molar-refractivity contribution in [1.82, 2.24) is 10.2 Å². The van der Waals surface area contributed by atoms with Gasteiger partial charge in [0.1, 0.15) is 12.6 Å². The molecule has 1 heterocycles. The Morgan fingerprint density at radius 3 is 2.40 bits per heavy atom. The van der Waals surface area contributed by atoms with Gasteiger partial charge in [0, 0.05) is 23.2 Å². The molecule has 0 aromatic heterocycles. The molecular weight excluding hydrogens is 494 g/mol. The van der Waals surface area contributed by atoms with Crippen molar-refractivity contribution in [1.29, 1.82) is 0 Å². The number of benzene rings is 2. The maximum atomic E-state index is 13.6. The zero-order valence-corrected chi connectivity index (χ0v) is 21.9. The van der Waals surface area contributed by atoms with E-state index in [1.54, 1.807) is 37.3 Å². The zero-order valence-electron chi connectivity index (χ0n) is 20.4. The van der Waals surface area contributed by atoms with Gasteiger partial charge in [0.2, 0.25) is 28.6 Å². The van der Waals surface area contributed by atoms with Crippen LogP contribution in [-0.2, 0) is 26.2 Å². The Morgan fingerprint density at radius 1 is 1.11 bits per heavy atom. The van der Waals surface area contributed by atoms with E-state index in [4.69, 9.17) is 21.1 Å². The molecule has 0 saturated carbocycles. The maximum absolute atomic E-state index is 13.6. The van der Waals surface area contributed by atoms with Crippen molar-refractivity contribution in [3.8, 4) is 11.5 Å². The van der Waals surface area contributed by atoms with Gasteiger partial charge >= 0.3 is 0 Å². The van der Waals surface area contributed by atoms with Crippen molar-refractivity contribution >= 4 is 39.1 Å². The second-order valence-electron chi connectivity index (χ2n) is 9.34. The summed E-state index contributed by atoms with van der Waals surface area (Å²) in [6, 6.07) is 10.7. The molecule has 3 rings (SSSR count). The first-order chi connectivity index (χ1) is 16.3. The summed E-state index contributed by atoms with van der Waals surface area (Å²) in [6.45, 7) is 6.64. The van der Waals surface area contributed by atoms with Gasteiger partial charge in [-0.3, -0.25) is 13.9 Å². The van der Waals surface area contributed by atoms with Crippen molar-refractivity contribution in [2.24, 2.45) is 0 Å². The summed E-state index contributed by atoms with van der Waals surface area (Å²) in [7, 11) is -3.86. The Hall–Kier alpha value is -2.98. The number of anilines is 1. The monoisotopic (exact) mass is 523 g/mol. The summed E-state index contributed by atoms with van der Waals surface area (Å²) in [5.41, 5.74) is 0.358. The van der Waals surface area contributed by atoms with E-state index in [0.717, 1.165) is 10.6 Å². The van der Waals surface area contributed by atoms with Crippen LogP contribution in [0.3, 0.4) is 0 Å². The Bertz CT molecular complexity index is 1210. The van der Waals surface area contributed by atoms with E-state index in [0.29, 0.717) is 22.1 Å². The van der Waals surface area contributed by atoms with Gasteiger partial charge in [-0.05, 0) is 51.5 Å². The molecule has 1 N–H and O–H groups in total. The van der Waals surface area contributed by atoms with Gasteiger partial charge in [-0.15, -0.1) is 0 Å². The number of amides is 2. The van der Waals surface area contributed by atoms with Gasteiger partial charge in [-0.2, -0.15) is 0 Å². The second-order valence-corrected chi connectivity index (χ2v) is 11.6. The lowest BCUT2D eigenvalue weighted by Gasteiger charge is -2.33. The number of hydrogen-bond donors (Lipinski definition) is 1. The number of ether oxygens (including phenoxy) is 2. The molecule has 0 radical (unpaired) electrons. The predicted octanol–water partition coefficient (Wildman–Crippen LogP) is 3.17. The summed E-state index contributed by atoms with van der Waals surface area (Å²) in [5.74, 6) is -0.0627. The predicted molar refractivity (Wildman–Crippen MR) is 134 cm³/mol. The highest BCUT2D eigenvalue weighted by atomic mass is 35.5. The van der Waals surface area contributed by atoms with Crippen LogP contribution in [-0.4, -0.2) is 56.3 Å². The minimum absolute atomic E-state index is 0.0238. The average Bonchev–Trinajstić information content (AvgIpc) is 3.22. The SMILES string of the molecule is C[C@H](C(=O)NC(C)(C)C)N(Cc1ccccc1Cl)C(=O)CN(c1ccc2c(c1)OCO2)S(C)(=O)=O. The molecule has 0 spiro atoms. The number of carbonyl (C=O) groups excluding carboxylic acids is 2. The van der Waals surface area contributed by atoms with Crippen LogP contribution in [0.1, 0.15) is 33.3 Å². The van der Waals surface area contributed by atoms with Crippen molar-refractivity contribution in [3.05, 3.63) is 53.1 Å². The van der Waals surface area contributed by atoms with Crippen molar-refractivity contribution in [3.63, 3.8) is 0 Å². The van der Waals surface area contributed by atoms with Crippen LogP contribution in [0.4, 0.5) is 5.69 Å². The third-order valence-electron chi connectivity index (χ3n) is 5.29. The molecular formula is C24H30ClN3O6S. The molecule has 1 aliphatic rings. The van der Waals surface area contributed by atoms with Gasteiger partial charge in [0.05, 0.1) is 11.9 Å². The van der Waals surface area contributed by atoms with Gasteiger partial charge in [0.25, 0.3) is 0 Å². The molecule has 0 unspecified atom stereocenters. The second kappa shape index (κ2) is 10.3. The largest absolute Gasteiger partial charge is 0.454 e. The lowest BCUT2D eigenvalue weighted by atomic mass is 10.1. The van der Waals surface area contributed by atoms with E-state index in [2.05, 4.69) is 5.32 Å². The first-order valence-corrected chi connectivity index (χ1v) is 13.2. The topological polar surface area (TPSA) is 105 Å². The highest BCUT2D eigenvalue weighted by Crippen LogP contribution is 2.36. The molecule has 1 aliphatic heterocycles. The van der Waals surface area contributed by atoms with E-state index in [1.165, 1.54) is 17.0 Å². The van der Waals surface area contributed by atoms with E-state index in [9.17, 15) is 18.0 Å². The van der Waals surface area contributed by atoms with Gasteiger partial charge < -0.3 is 19.7 Å². The van der Waals surface area contributed by atoms with Crippen LogP contribution < -0.4 is 19.1 Å². The van der Waals surface area contributed by atoms with Crippen molar-refractivity contribution in [2.45, 2.75) is 45.8 Å². The molecule has 11 heteroatoms. The molecule has 0 aliphatic carbocycles. The van der Waals surface area contributed by atoms with Crippen LogP contribution in [0.2, 0.25) is 5.02 Å². The normalized spacial score (nSPS) is 13.8. The number of carbonyl (C=O) groups is 2. The maximum Gasteiger partial charge on any atom is 0.244 e. The summed E-state index contributed by atoms with van der Waals surface area (Å²) in [4.78, 5) is 27.9. The Kier molecular flexibility index (Phi) is 7.86. The molecule has 2 aromatic rings. The minimum atomic E-state index is -3.86. The standard InChI is InChI=1S/C24H30ClN3O6S/c1-16(23(30)26-24(2,3)4)27(13-17-8-6-7-9-19(17)25)22(29)14-28(35(5,31)32)18-10-11-20-21(12-18)34-15-33-20/h6-12,16H,13-15H2,1-5H3,(H,26,30)/t16-/m1/s1. The number of nitrogens with zero attached hydrogens (tertiary/aromatic N) is 2. The highest BCUT2D eigenvalue weighted by Gasteiger charge is 2.32. The van der Waals surface area contributed by atoms with Crippen molar-refractivity contribution < 1.29 is 27.5 Å². The molecule has 190 valence electrons. The molecule has 1 atom stereocenters. The molecule has 9 nitrogen and oxygen atoms in total. The average molecular weight is 524 g/mol. The molecule has 0 bridgehead atoms. The fraction of sp³-hybridized carbons (Fsp3) is 0.417. The minimum Gasteiger partial charge on any atom is -0.454 e. The fourth-order valence-electron chi connectivity index (χ4n) is 3.52. The molecule has 35 heavy (non-hydrogen) atoms. The number of nitrogens with one attached hydrogen (secondary N) is 1. The lowest BCUT2D eigenvalue weighted by molar-refractivity contribution is -0.140. The number of hydrogen-bond acceptors (Lipinski definition) is 6. The Balaban J connectivity index is 1.93. The molecule has 0 fully saturated rings. The fourth-order valence-corrected chi connectivity index (χ4v) is 4.56. The molecule has 2 amide bonds. The number of rotatable bonds is 8. The van der Waals surface area contributed by atoms with E-state index >= 15 is 0 Å². The van der Waals surface area contributed by atoms with Crippen LogP contribution in [0.25, 0.3) is 0 Å². The smallest absolute Gasteiger partial charge is 0.244 e. The van der Waals surface area contributed by atoms with E-state index < -0.39 is 34.1 Å². The van der Waals surface area contributed by atoms with Crippen LogP contribution in [0.5, 0.6) is 11.5 Å². The van der Waals surface area contributed by atoms with Crippen LogP contribution in [0.15, 0.2) is 42.5 Å². The van der Waals surface area contributed by atoms with E-state index in [1.807, 2.05) is 20.8 Å². The summed E-state index contributed by atoms with van der Waals surface area (Å²) in [5, 5.41) is 3.30. The summed E-state index contributed by atoms with van der Waals surface area (Å²) < 4.78 is 37.0. The molecule has 2 aromatic carbocycles. The Morgan fingerprint density at radius 2 is 1.77 bits per heavy atom. The number of fused-ring (bicyclic) bond motifs is 1. The molecule has 0 saturated heterocycles. The third kappa shape index (κ3) is 6.79. The quantitative estimate of drug-likeness (QED) is 0.570. The van der Waals surface area contributed by atoms with Gasteiger partial charge in [-0.25, -0.2) is 8.42 Å². The lowest BCUT2D eigenvalue weighted by Crippen LogP contribution is -2.54. The number of halogens is 1. The highest BCUT2D eigenvalue weighted by molar-refractivity contribution is 7.92. The van der Waals surface area contributed by atoms with Crippen LogP contribution in [0, 0.1) is 0 Å². The number of sulfonamides is 1. The van der Waals surface area contributed by atoms with Gasteiger partial charge in [-0.1, -0.05) is 29.8 Å². The van der Waals surface area contributed by atoms with Gasteiger partial charge in [0.15, 0.2) is 11.5 Å². The van der Waals surface area contributed by atoms with E-state index in [-0.39, 0.29) is 24.9 Å². The summed E-state index contributed by atoms with van der Waals surface area (Å²) >= 11 is 6.32. The Labute approximate surface area is 211 Å². The van der Waals surface area contributed by atoms with Crippen LogP contribution >= 0.6 is 11.6 Å². The van der Waals surface area contributed by atoms with Crippen molar-refractivity contribution in [2.75, 3.05) is 23.9 Å². The first kappa shape index (κ1) is 26.6. The first-order valence-electron chi connectivity index (χ1n) is 11.0.